The fourth-order valence-corrected chi connectivity index (χ4v) is 8.29. The minimum Gasteiger partial charge on any atom is -0.456 e. The van der Waals surface area contributed by atoms with Crippen molar-refractivity contribution in [3.8, 4) is 27.9 Å². The number of benzene rings is 7. The molecule has 0 amide bonds. The number of rotatable bonds is 3. The van der Waals surface area contributed by atoms with Crippen LogP contribution in [0.2, 0.25) is 0 Å². The normalized spacial score (nSPS) is 12.0. The topological polar surface area (TPSA) is 18.1 Å². The molecule has 0 saturated carbocycles. The number of nitrogens with zero attached hydrogens (tertiary/aromatic N) is 1. The van der Waals surface area contributed by atoms with Crippen LogP contribution in [-0.2, 0) is 0 Å². The molecule has 2 nitrogen and oxygen atoms in total. The van der Waals surface area contributed by atoms with Crippen molar-refractivity contribution in [2.45, 2.75) is 0 Å². The van der Waals surface area contributed by atoms with Crippen molar-refractivity contribution in [3.05, 3.63) is 152 Å². The van der Waals surface area contributed by atoms with E-state index in [0.29, 0.717) is 0 Å². The van der Waals surface area contributed by atoms with Crippen molar-refractivity contribution in [3.63, 3.8) is 0 Å². The van der Waals surface area contributed by atoms with E-state index in [1.54, 1.807) is 0 Å². The molecule has 0 N–H and O–H groups in total. The lowest BCUT2D eigenvalue weighted by molar-refractivity contribution is 0.668. The number of furan rings is 1. The molecular weight excluding hydrogens is 567 g/mol. The van der Waals surface area contributed by atoms with Crippen LogP contribution in [0.5, 0.6) is 0 Å². The van der Waals surface area contributed by atoms with Crippen LogP contribution in [0.15, 0.2) is 156 Å². The van der Waals surface area contributed by atoms with Crippen LogP contribution >= 0.6 is 11.3 Å². The van der Waals surface area contributed by atoms with Crippen molar-refractivity contribution < 1.29 is 4.42 Å². The molecule has 3 heteroatoms. The van der Waals surface area contributed by atoms with Gasteiger partial charge in [0, 0.05) is 53.5 Å². The Morgan fingerprint density at radius 1 is 0.422 bits per heavy atom. The average Bonchev–Trinajstić information content (AvgIpc) is 3.77. The first-order chi connectivity index (χ1) is 22.3. The summed E-state index contributed by atoms with van der Waals surface area (Å²) in [6, 6.07) is 54.7. The van der Waals surface area contributed by atoms with E-state index in [4.69, 9.17) is 4.42 Å². The molecule has 0 saturated heterocycles. The van der Waals surface area contributed by atoms with Crippen LogP contribution in [0.4, 0.5) is 0 Å². The molecule has 0 bridgehead atoms. The first kappa shape index (κ1) is 24.8. The summed E-state index contributed by atoms with van der Waals surface area (Å²) in [5, 5.41) is 7.42. The highest BCUT2D eigenvalue weighted by Crippen LogP contribution is 2.42. The Hall–Kier alpha value is -5.64. The fourth-order valence-electron chi connectivity index (χ4n) is 7.15. The van der Waals surface area contributed by atoms with Crippen molar-refractivity contribution in [2.24, 2.45) is 0 Å². The zero-order valence-corrected chi connectivity index (χ0v) is 25.0. The predicted molar refractivity (Wildman–Crippen MR) is 192 cm³/mol. The number of aromatic nitrogens is 1. The summed E-state index contributed by atoms with van der Waals surface area (Å²) in [5.41, 5.74) is 10.1. The molecule has 0 atom stereocenters. The molecular formula is C42H25NOS. The fraction of sp³-hybridized carbons (Fsp3) is 0. The van der Waals surface area contributed by atoms with Crippen LogP contribution in [0.25, 0.3) is 91.9 Å². The van der Waals surface area contributed by atoms with Crippen LogP contribution in [0.1, 0.15) is 0 Å². The Morgan fingerprint density at radius 2 is 1.18 bits per heavy atom. The molecule has 45 heavy (non-hydrogen) atoms. The van der Waals surface area contributed by atoms with Gasteiger partial charge in [-0.2, -0.15) is 0 Å². The first-order valence-electron chi connectivity index (χ1n) is 15.3. The van der Waals surface area contributed by atoms with Crippen LogP contribution in [0, 0.1) is 0 Å². The van der Waals surface area contributed by atoms with E-state index in [2.05, 4.69) is 156 Å². The first-order valence-corrected chi connectivity index (χ1v) is 16.1. The molecule has 0 aliphatic carbocycles. The van der Waals surface area contributed by atoms with Crippen molar-refractivity contribution >= 4 is 75.3 Å². The van der Waals surface area contributed by atoms with E-state index in [9.17, 15) is 0 Å². The lowest BCUT2D eigenvalue weighted by atomic mass is 9.98. The van der Waals surface area contributed by atoms with Gasteiger partial charge in [0.2, 0.25) is 0 Å². The molecule has 0 radical (unpaired) electrons. The number of hydrogen-bond donors (Lipinski definition) is 0. The molecule has 0 aliphatic heterocycles. The zero-order chi connectivity index (χ0) is 29.5. The van der Waals surface area contributed by atoms with Crippen molar-refractivity contribution in [2.75, 3.05) is 0 Å². The van der Waals surface area contributed by atoms with Gasteiger partial charge < -0.3 is 8.98 Å². The van der Waals surface area contributed by atoms with Gasteiger partial charge in [-0.3, -0.25) is 0 Å². The Balaban J connectivity index is 1.15. The largest absolute Gasteiger partial charge is 0.456 e. The summed E-state index contributed by atoms with van der Waals surface area (Å²) in [6.07, 6.45) is 0. The third kappa shape index (κ3) is 3.68. The Bertz CT molecular complexity index is 2760. The smallest absolute Gasteiger partial charge is 0.137 e. The highest BCUT2D eigenvalue weighted by Gasteiger charge is 2.17. The standard InChI is InChI=1S/C42H25NOS/c1-2-9-26(10-3-1)27-18-22-37-35(23-27)31-11-4-6-14-36(31)43(37)29-19-21-34-39(25-29)44-38-15-8-13-30(42(34)38)28-17-20-33-32-12-5-7-16-40(32)45-41(33)24-28/h1-25H. The van der Waals surface area contributed by atoms with Crippen molar-refractivity contribution in [1.29, 1.82) is 0 Å². The molecule has 0 aliphatic rings. The number of fused-ring (bicyclic) bond motifs is 9. The van der Waals surface area contributed by atoms with E-state index < -0.39 is 0 Å². The monoisotopic (exact) mass is 591 g/mol. The maximum absolute atomic E-state index is 6.58. The Labute approximate surface area is 263 Å². The summed E-state index contributed by atoms with van der Waals surface area (Å²) in [6.45, 7) is 0. The lowest BCUT2D eigenvalue weighted by Crippen LogP contribution is -1.93. The quantitative estimate of drug-likeness (QED) is 0.200. The minimum atomic E-state index is 0.893. The van der Waals surface area contributed by atoms with Gasteiger partial charge in [-0.05, 0) is 70.8 Å². The molecule has 10 aromatic rings. The molecule has 10 rings (SSSR count). The van der Waals surface area contributed by atoms with E-state index in [1.165, 1.54) is 64.2 Å². The van der Waals surface area contributed by atoms with Crippen LogP contribution in [0.3, 0.4) is 0 Å². The number of thiophene rings is 1. The molecule has 3 heterocycles. The van der Waals surface area contributed by atoms with Gasteiger partial charge in [0.15, 0.2) is 0 Å². The maximum atomic E-state index is 6.58. The molecule has 0 fully saturated rings. The van der Waals surface area contributed by atoms with Gasteiger partial charge >= 0.3 is 0 Å². The maximum Gasteiger partial charge on any atom is 0.137 e. The summed E-state index contributed by atoms with van der Waals surface area (Å²) >= 11 is 1.86. The Morgan fingerprint density at radius 3 is 2.11 bits per heavy atom. The second kappa shape index (κ2) is 9.43. The summed E-state index contributed by atoms with van der Waals surface area (Å²) in [4.78, 5) is 0. The second-order valence-corrected chi connectivity index (χ2v) is 12.8. The molecule has 0 unspecified atom stereocenters. The molecule has 3 aromatic heterocycles. The van der Waals surface area contributed by atoms with Gasteiger partial charge in [0.25, 0.3) is 0 Å². The summed E-state index contributed by atoms with van der Waals surface area (Å²) < 4.78 is 11.6. The minimum absolute atomic E-state index is 0.893. The van der Waals surface area contributed by atoms with E-state index in [-0.39, 0.29) is 0 Å². The third-order valence-electron chi connectivity index (χ3n) is 9.21. The van der Waals surface area contributed by atoms with Crippen LogP contribution < -0.4 is 0 Å². The average molecular weight is 592 g/mol. The summed E-state index contributed by atoms with van der Waals surface area (Å²) in [7, 11) is 0. The van der Waals surface area contributed by atoms with Gasteiger partial charge in [-0.15, -0.1) is 11.3 Å². The Kier molecular flexibility index (Phi) is 5.19. The highest BCUT2D eigenvalue weighted by atomic mass is 32.1. The van der Waals surface area contributed by atoms with Gasteiger partial charge in [-0.1, -0.05) is 97.1 Å². The number of hydrogen-bond acceptors (Lipinski definition) is 2. The van der Waals surface area contributed by atoms with Gasteiger partial charge in [-0.25, -0.2) is 0 Å². The van der Waals surface area contributed by atoms with E-state index in [1.807, 2.05) is 11.3 Å². The SMILES string of the molecule is c1ccc(-c2ccc3c(c2)c2ccccc2n3-c2ccc3c(c2)oc2cccc(-c4ccc5c(c4)sc4ccccc45)c23)cc1. The molecule has 7 aromatic carbocycles. The highest BCUT2D eigenvalue weighted by molar-refractivity contribution is 7.25. The van der Waals surface area contributed by atoms with Crippen LogP contribution in [-0.4, -0.2) is 4.57 Å². The van der Waals surface area contributed by atoms with E-state index >= 15 is 0 Å². The van der Waals surface area contributed by atoms with Gasteiger partial charge in [0.1, 0.15) is 11.2 Å². The lowest BCUT2D eigenvalue weighted by Gasteiger charge is -2.09. The van der Waals surface area contributed by atoms with E-state index in [0.717, 1.165) is 27.6 Å². The van der Waals surface area contributed by atoms with Gasteiger partial charge in [0.05, 0.1) is 11.0 Å². The third-order valence-corrected chi connectivity index (χ3v) is 10.3. The predicted octanol–water partition coefficient (Wildman–Crippen LogP) is 12.4. The van der Waals surface area contributed by atoms with Crippen molar-refractivity contribution in [1.82, 2.24) is 4.57 Å². The molecule has 0 spiro atoms. The molecule has 210 valence electrons. The number of para-hydroxylation sites is 1. The summed E-state index contributed by atoms with van der Waals surface area (Å²) in [5.74, 6) is 0. The zero-order valence-electron chi connectivity index (χ0n) is 24.2. The second-order valence-electron chi connectivity index (χ2n) is 11.7.